The number of rotatable bonds is 2. The van der Waals surface area contributed by atoms with Crippen LogP contribution < -0.4 is 4.74 Å². The lowest BCUT2D eigenvalue weighted by Gasteiger charge is -2.06. The van der Waals surface area contributed by atoms with E-state index in [2.05, 4.69) is 4.98 Å². The zero-order valence-electron chi connectivity index (χ0n) is 8.58. The van der Waals surface area contributed by atoms with Crippen molar-refractivity contribution in [3.8, 4) is 17.1 Å². The van der Waals surface area contributed by atoms with E-state index in [1.54, 1.807) is 6.07 Å². The first-order valence-corrected chi connectivity index (χ1v) is 5.43. The Hall–Kier alpha value is -1.25. The minimum atomic E-state index is 0.402. The van der Waals surface area contributed by atoms with Gasteiger partial charge in [0.2, 0.25) is 5.88 Å². The molecule has 0 N–H and O–H groups in total. The summed E-state index contributed by atoms with van der Waals surface area (Å²) in [7, 11) is 1.53. The molecule has 1 aromatic carbocycles. The van der Waals surface area contributed by atoms with Gasteiger partial charge in [0.25, 0.3) is 0 Å². The van der Waals surface area contributed by atoms with Crippen LogP contribution >= 0.6 is 23.2 Å². The normalized spacial score (nSPS) is 10.2. The Morgan fingerprint density at radius 2 is 1.75 bits per heavy atom. The van der Waals surface area contributed by atoms with Gasteiger partial charge in [0, 0.05) is 10.6 Å². The van der Waals surface area contributed by atoms with Crippen molar-refractivity contribution in [2.24, 2.45) is 0 Å². The van der Waals surface area contributed by atoms with Gasteiger partial charge in [-0.15, -0.1) is 0 Å². The van der Waals surface area contributed by atoms with Crippen LogP contribution in [0.25, 0.3) is 11.3 Å². The molecule has 16 heavy (non-hydrogen) atoms. The molecule has 1 heterocycles. The lowest BCUT2D eigenvalue weighted by molar-refractivity contribution is 0.398. The van der Waals surface area contributed by atoms with E-state index in [0.29, 0.717) is 15.9 Å². The molecule has 0 aliphatic carbocycles. The molecule has 0 fully saturated rings. The number of pyridine rings is 1. The second-order valence-corrected chi connectivity index (χ2v) is 3.98. The molecule has 0 aliphatic rings. The standard InChI is InChI=1S/C12H9Cl2NO/c1-16-12-10(14)6-7-11(15-12)8-4-2-3-5-9(8)13/h2-7H,1H3. The molecule has 0 unspecified atom stereocenters. The number of methoxy groups -OCH3 is 1. The molecule has 2 aromatic rings. The van der Waals surface area contributed by atoms with E-state index >= 15 is 0 Å². The Morgan fingerprint density at radius 3 is 2.44 bits per heavy atom. The highest BCUT2D eigenvalue weighted by atomic mass is 35.5. The monoisotopic (exact) mass is 253 g/mol. The average molecular weight is 254 g/mol. The molecule has 82 valence electrons. The second kappa shape index (κ2) is 4.73. The zero-order chi connectivity index (χ0) is 11.5. The van der Waals surface area contributed by atoms with Crippen LogP contribution in [-0.2, 0) is 0 Å². The number of aromatic nitrogens is 1. The molecule has 0 bridgehead atoms. The smallest absolute Gasteiger partial charge is 0.232 e. The van der Waals surface area contributed by atoms with Crippen molar-refractivity contribution in [3.05, 3.63) is 46.4 Å². The molecule has 0 amide bonds. The van der Waals surface area contributed by atoms with E-state index in [9.17, 15) is 0 Å². The van der Waals surface area contributed by atoms with E-state index < -0.39 is 0 Å². The van der Waals surface area contributed by atoms with Crippen LogP contribution in [0.15, 0.2) is 36.4 Å². The number of nitrogens with zero attached hydrogens (tertiary/aromatic N) is 1. The lowest BCUT2D eigenvalue weighted by atomic mass is 10.1. The minimum Gasteiger partial charge on any atom is -0.480 e. The number of benzene rings is 1. The van der Waals surface area contributed by atoms with Gasteiger partial charge in [-0.05, 0) is 18.2 Å². The van der Waals surface area contributed by atoms with Gasteiger partial charge < -0.3 is 4.74 Å². The van der Waals surface area contributed by atoms with Crippen molar-refractivity contribution in [2.45, 2.75) is 0 Å². The van der Waals surface area contributed by atoms with Crippen molar-refractivity contribution in [2.75, 3.05) is 7.11 Å². The molecular formula is C12H9Cl2NO. The highest BCUT2D eigenvalue weighted by Crippen LogP contribution is 2.30. The third kappa shape index (κ3) is 2.13. The van der Waals surface area contributed by atoms with Gasteiger partial charge in [-0.1, -0.05) is 41.4 Å². The fourth-order valence-electron chi connectivity index (χ4n) is 1.39. The van der Waals surface area contributed by atoms with E-state index in [0.717, 1.165) is 11.3 Å². The van der Waals surface area contributed by atoms with Crippen LogP contribution in [0.2, 0.25) is 10.0 Å². The van der Waals surface area contributed by atoms with E-state index in [-0.39, 0.29) is 0 Å². The van der Waals surface area contributed by atoms with Crippen molar-refractivity contribution in [1.82, 2.24) is 4.98 Å². The van der Waals surface area contributed by atoms with Gasteiger partial charge in [-0.2, -0.15) is 0 Å². The molecule has 0 radical (unpaired) electrons. The van der Waals surface area contributed by atoms with Gasteiger partial charge >= 0.3 is 0 Å². The summed E-state index contributed by atoms with van der Waals surface area (Å²) in [5.74, 6) is 0.402. The van der Waals surface area contributed by atoms with Crippen LogP contribution in [0, 0.1) is 0 Å². The van der Waals surface area contributed by atoms with Gasteiger partial charge in [0.1, 0.15) is 5.02 Å². The van der Waals surface area contributed by atoms with Crippen molar-refractivity contribution < 1.29 is 4.74 Å². The molecule has 0 atom stereocenters. The van der Waals surface area contributed by atoms with Crippen molar-refractivity contribution >= 4 is 23.2 Å². The number of hydrogen-bond acceptors (Lipinski definition) is 2. The summed E-state index contributed by atoms with van der Waals surface area (Å²) in [6, 6.07) is 11.1. The molecule has 0 spiro atoms. The molecule has 2 rings (SSSR count). The third-order valence-corrected chi connectivity index (χ3v) is 2.77. The Morgan fingerprint density at radius 1 is 1.00 bits per heavy atom. The lowest BCUT2D eigenvalue weighted by Crippen LogP contribution is -1.91. The van der Waals surface area contributed by atoms with Gasteiger partial charge in [-0.3, -0.25) is 0 Å². The SMILES string of the molecule is COc1nc(-c2ccccc2Cl)ccc1Cl. The predicted molar refractivity (Wildman–Crippen MR) is 66.2 cm³/mol. The number of halogens is 2. The van der Waals surface area contributed by atoms with Gasteiger partial charge in [-0.25, -0.2) is 4.98 Å². The first-order valence-electron chi connectivity index (χ1n) is 4.68. The highest BCUT2D eigenvalue weighted by Gasteiger charge is 2.08. The van der Waals surface area contributed by atoms with E-state index in [1.807, 2.05) is 30.3 Å². The number of ether oxygens (including phenoxy) is 1. The highest BCUT2D eigenvalue weighted by molar-refractivity contribution is 6.33. The third-order valence-electron chi connectivity index (χ3n) is 2.16. The average Bonchev–Trinajstić information content (AvgIpc) is 2.31. The summed E-state index contributed by atoms with van der Waals surface area (Å²) in [5, 5.41) is 1.14. The summed E-state index contributed by atoms with van der Waals surface area (Å²) < 4.78 is 5.06. The second-order valence-electron chi connectivity index (χ2n) is 3.17. The van der Waals surface area contributed by atoms with E-state index in [4.69, 9.17) is 27.9 Å². The number of hydrogen-bond donors (Lipinski definition) is 0. The Kier molecular flexibility index (Phi) is 3.32. The zero-order valence-corrected chi connectivity index (χ0v) is 10.1. The van der Waals surface area contributed by atoms with Crippen LogP contribution in [-0.4, -0.2) is 12.1 Å². The Bertz CT molecular complexity index is 514. The van der Waals surface area contributed by atoms with Crippen molar-refractivity contribution in [3.63, 3.8) is 0 Å². The van der Waals surface area contributed by atoms with Crippen LogP contribution in [0.5, 0.6) is 5.88 Å². The summed E-state index contributed by atoms with van der Waals surface area (Å²) in [4.78, 5) is 4.28. The predicted octanol–water partition coefficient (Wildman–Crippen LogP) is 4.06. The van der Waals surface area contributed by atoms with Gasteiger partial charge in [0.15, 0.2) is 0 Å². The van der Waals surface area contributed by atoms with Crippen LogP contribution in [0.1, 0.15) is 0 Å². The maximum Gasteiger partial charge on any atom is 0.232 e. The molecule has 1 aromatic heterocycles. The maximum absolute atomic E-state index is 6.08. The minimum absolute atomic E-state index is 0.402. The summed E-state index contributed by atoms with van der Waals surface area (Å²) in [5.41, 5.74) is 1.60. The topological polar surface area (TPSA) is 22.1 Å². The van der Waals surface area contributed by atoms with Crippen molar-refractivity contribution in [1.29, 1.82) is 0 Å². The largest absolute Gasteiger partial charge is 0.480 e. The maximum atomic E-state index is 6.08. The van der Waals surface area contributed by atoms with Gasteiger partial charge in [0.05, 0.1) is 12.8 Å². The molecule has 0 saturated heterocycles. The van der Waals surface area contributed by atoms with Crippen LogP contribution in [0.4, 0.5) is 0 Å². The summed E-state index contributed by atoms with van der Waals surface area (Å²) >= 11 is 12.0. The molecule has 4 heteroatoms. The molecule has 0 saturated carbocycles. The Balaban J connectivity index is 2.53. The van der Waals surface area contributed by atoms with E-state index in [1.165, 1.54) is 7.11 Å². The Labute approximate surface area is 104 Å². The molecule has 2 nitrogen and oxygen atoms in total. The summed E-state index contributed by atoms with van der Waals surface area (Å²) in [6.07, 6.45) is 0. The fourth-order valence-corrected chi connectivity index (χ4v) is 1.80. The first-order chi connectivity index (χ1) is 7.72. The molecular weight excluding hydrogens is 245 g/mol. The fraction of sp³-hybridized carbons (Fsp3) is 0.0833. The van der Waals surface area contributed by atoms with Crippen LogP contribution in [0.3, 0.4) is 0 Å². The quantitative estimate of drug-likeness (QED) is 0.806. The first kappa shape index (κ1) is 11.2. The molecule has 0 aliphatic heterocycles. The summed E-state index contributed by atoms with van der Waals surface area (Å²) in [6.45, 7) is 0.